The number of fused-ring (bicyclic) bond motifs is 1. The molecule has 1 N–H and O–H groups in total. The van der Waals surface area contributed by atoms with Gasteiger partial charge in [-0.25, -0.2) is 4.98 Å². The Hall–Kier alpha value is -3.79. The fourth-order valence-corrected chi connectivity index (χ4v) is 2.84. The number of aromatic nitrogens is 2. The zero-order valence-electron chi connectivity index (χ0n) is 16.2. The second kappa shape index (κ2) is 9.61. The number of amides is 1. The molecule has 0 saturated heterocycles. The van der Waals surface area contributed by atoms with Gasteiger partial charge in [-0.2, -0.15) is 0 Å². The Morgan fingerprint density at radius 3 is 2.70 bits per heavy atom. The standard InChI is InChI=1S/C20H20N4O6/c1-29-11-10-23(12-18-21-15-7-3-2-6-14(15)20(26)22-18)19(25)13-30-17-9-5-4-8-16(17)24(27)28/h2-9H,10-13H2,1H3,(H,21,22,26). The van der Waals surface area contributed by atoms with Gasteiger partial charge in [0.15, 0.2) is 12.4 Å². The van der Waals surface area contributed by atoms with Crippen molar-refractivity contribution in [3.8, 4) is 5.75 Å². The summed E-state index contributed by atoms with van der Waals surface area (Å²) in [6.07, 6.45) is 0. The van der Waals surface area contributed by atoms with Crippen molar-refractivity contribution in [2.75, 3.05) is 26.9 Å². The lowest BCUT2D eigenvalue weighted by molar-refractivity contribution is -0.385. The number of rotatable bonds is 9. The van der Waals surface area contributed by atoms with Crippen LogP contribution >= 0.6 is 0 Å². The van der Waals surface area contributed by atoms with Gasteiger partial charge in [0.2, 0.25) is 0 Å². The Kier molecular flexibility index (Phi) is 6.71. The van der Waals surface area contributed by atoms with E-state index in [0.29, 0.717) is 16.7 Å². The van der Waals surface area contributed by atoms with Crippen molar-refractivity contribution in [3.63, 3.8) is 0 Å². The Bertz CT molecular complexity index is 1110. The van der Waals surface area contributed by atoms with Crippen LogP contribution < -0.4 is 10.3 Å². The number of aromatic amines is 1. The summed E-state index contributed by atoms with van der Waals surface area (Å²) in [4.78, 5) is 44.0. The number of nitro groups is 1. The third-order valence-corrected chi connectivity index (χ3v) is 4.33. The summed E-state index contributed by atoms with van der Waals surface area (Å²) in [5, 5.41) is 11.5. The van der Waals surface area contributed by atoms with Crippen LogP contribution in [0.15, 0.2) is 53.3 Å². The van der Waals surface area contributed by atoms with Crippen LogP contribution in [0.5, 0.6) is 5.75 Å². The highest BCUT2D eigenvalue weighted by Gasteiger charge is 2.19. The smallest absolute Gasteiger partial charge is 0.310 e. The number of methoxy groups -OCH3 is 1. The third-order valence-electron chi connectivity index (χ3n) is 4.33. The number of hydrogen-bond acceptors (Lipinski definition) is 7. The average molecular weight is 412 g/mol. The van der Waals surface area contributed by atoms with Crippen molar-refractivity contribution < 1.29 is 19.2 Å². The van der Waals surface area contributed by atoms with Gasteiger partial charge in [0.05, 0.1) is 29.0 Å². The lowest BCUT2D eigenvalue weighted by atomic mass is 10.2. The lowest BCUT2D eigenvalue weighted by Crippen LogP contribution is -2.37. The van der Waals surface area contributed by atoms with Gasteiger partial charge in [-0.15, -0.1) is 0 Å². The molecule has 1 amide bonds. The van der Waals surface area contributed by atoms with Gasteiger partial charge in [0.25, 0.3) is 11.5 Å². The minimum absolute atomic E-state index is 0.000205. The largest absolute Gasteiger partial charge is 0.477 e. The molecule has 10 nitrogen and oxygen atoms in total. The molecule has 0 aliphatic heterocycles. The van der Waals surface area contributed by atoms with Gasteiger partial charge in [-0.3, -0.25) is 19.7 Å². The number of ether oxygens (including phenoxy) is 2. The number of hydrogen-bond donors (Lipinski definition) is 1. The molecule has 156 valence electrons. The molecule has 0 aliphatic carbocycles. The number of H-pyrrole nitrogens is 1. The van der Waals surface area contributed by atoms with Gasteiger partial charge in [-0.05, 0) is 18.2 Å². The van der Waals surface area contributed by atoms with Crippen LogP contribution in [0.4, 0.5) is 5.69 Å². The van der Waals surface area contributed by atoms with Crippen molar-refractivity contribution in [2.24, 2.45) is 0 Å². The van der Waals surface area contributed by atoms with Crippen LogP contribution in [0.25, 0.3) is 10.9 Å². The van der Waals surface area contributed by atoms with Crippen molar-refractivity contribution in [1.29, 1.82) is 0 Å². The zero-order chi connectivity index (χ0) is 21.5. The highest BCUT2D eigenvalue weighted by Crippen LogP contribution is 2.25. The summed E-state index contributed by atoms with van der Waals surface area (Å²) in [5.74, 6) is -0.116. The molecular weight excluding hydrogens is 392 g/mol. The molecule has 0 spiro atoms. The minimum atomic E-state index is -0.577. The topological polar surface area (TPSA) is 128 Å². The summed E-state index contributed by atoms with van der Waals surface area (Å²) >= 11 is 0. The van der Waals surface area contributed by atoms with Crippen LogP contribution in [0.1, 0.15) is 5.82 Å². The van der Waals surface area contributed by atoms with Crippen molar-refractivity contribution in [3.05, 3.63) is 74.8 Å². The number of benzene rings is 2. The average Bonchev–Trinajstić information content (AvgIpc) is 2.75. The van der Waals surface area contributed by atoms with E-state index in [4.69, 9.17) is 9.47 Å². The van der Waals surface area contributed by atoms with Crippen LogP contribution in [-0.2, 0) is 16.1 Å². The van der Waals surface area contributed by atoms with Gasteiger partial charge in [0, 0.05) is 19.7 Å². The molecule has 2 aromatic carbocycles. The summed E-state index contributed by atoms with van der Waals surface area (Å²) < 4.78 is 10.4. The molecule has 0 bridgehead atoms. The molecule has 0 radical (unpaired) electrons. The number of carbonyl (C=O) groups excluding carboxylic acids is 1. The van der Waals surface area contributed by atoms with E-state index in [1.54, 1.807) is 30.3 Å². The molecule has 0 saturated carbocycles. The SMILES string of the molecule is COCCN(Cc1nc2ccccc2c(=O)[nH]1)C(=O)COc1ccccc1[N+](=O)[O-]. The van der Waals surface area contributed by atoms with E-state index < -0.39 is 17.4 Å². The van der Waals surface area contributed by atoms with Crippen LogP contribution in [0.2, 0.25) is 0 Å². The molecule has 1 heterocycles. The third kappa shape index (κ3) is 4.97. The fourth-order valence-electron chi connectivity index (χ4n) is 2.84. The van der Waals surface area contributed by atoms with Gasteiger partial charge < -0.3 is 19.4 Å². The van der Waals surface area contributed by atoms with Crippen molar-refractivity contribution in [2.45, 2.75) is 6.54 Å². The number of para-hydroxylation sites is 3. The highest BCUT2D eigenvalue weighted by molar-refractivity contribution is 5.78. The van der Waals surface area contributed by atoms with Gasteiger partial charge >= 0.3 is 5.69 Å². The normalized spacial score (nSPS) is 10.7. The Labute approximate surface area is 171 Å². The Balaban J connectivity index is 1.76. The molecular formula is C20H20N4O6. The summed E-state index contributed by atoms with van der Waals surface area (Å²) in [6.45, 7) is 0.107. The molecule has 3 aromatic rings. The monoisotopic (exact) mass is 412 g/mol. The molecule has 0 fully saturated rings. The van der Waals surface area contributed by atoms with E-state index in [9.17, 15) is 19.7 Å². The molecule has 0 atom stereocenters. The highest BCUT2D eigenvalue weighted by atomic mass is 16.6. The van der Waals surface area contributed by atoms with Crippen LogP contribution in [0.3, 0.4) is 0 Å². The van der Waals surface area contributed by atoms with Gasteiger partial charge in [-0.1, -0.05) is 24.3 Å². The first kappa shape index (κ1) is 20.9. The predicted molar refractivity (Wildman–Crippen MR) is 108 cm³/mol. The summed E-state index contributed by atoms with van der Waals surface area (Å²) in [7, 11) is 1.50. The Morgan fingerprint density at radius 1 is 1.20 bits per heavy atom. The molecule has 1 aromatic heterocycles. The maximum atomic E-state index is 12.7. The van der Waals surface area contributed by atoms with Crippen LogP contribution in [0, 0.1) is 10.1 Å². The van der Waals surface area contributed by atoms with E-state index in [0.717, 1.165) is 0 Å². The second-order valence-corrected chi connectivity index (χ2v) is 6.35. The number of nitrogens with one attached hydrogen (secondary N) is 1. The van der Waals surface area contributed by atoms with E-state index in [1.165, 1.54) is 30.2 Å². The first-order valence-corrected chi connectivity index (χ1v) is 9.10. The summed E-state index contributed by atoms with van der Waals surface area (Å²) in [6, 6.07) is 12.7. The first-order valence-electron chi connectivity index (χ1n) is 9.10. The Morgan fingerprint density at radius 2 is 1.93 bits per heavy atom. The second-order valence-electron chi connectivity index (χ2n) is 6.35. The summed E-state index contributed by atoms with van der Waals surface area (Å²) in [5.41, 5.74) is -0.00767. The number of carbonyl (C=O) groups is 1. The van der Waals surface area contributed by atoms with E-state index in [-0.39, 0.29) is 36.7 Å². The quantitative estimate of drug-likeness (QED) is 0.420. The maximum absolute atomic E-state index is 12.7. The number of nitro benzene ring substituents is 1. The first-order chi connectivity index (χ1) is 14.5. The van der Waals surface area contributed by atoms with Crippen molar-refractivity contribution >= 4 is 22.5 Å². The fraction of sp³-hybridized carbons (Fsp3) is 0.250. The molecule has 0 aliphatic rings. The van der Waals surface area contributed by atoms with E-state index >= 15 is 0 Å². The maximum Gasteiger partial charge on any atom is 0.310 e. The minimum Gasteiger partial charge on any atom is -0.477 e. The lowest BCUT2D eigenvalue weighted by Gasteiger charge is -2.22. The van der Waals surface area contributed by atoms with Crippen molar-refractivity contribution in [1.82, 2.24) is 14.9 Å². The van der Waals surface area contributed by atoms with E-state index in [2.05, 4.69) is 9.97 Å². The zero-order valence-corrected chi connectivity index (χ0v) is 16.2. The molecule has 0 unspecified atom stereocenters. The van der Waals surface area contributed by atoms with Crippen LogP contribution in [-0.4, -0.2) is 52.6 Å². The predicted octanol–water partition coefficient (Wildman–Crippen LogP) is 1.89. The van der Waals surface area contributed by atoms with E-state index in [1.807, 2.05) is 0 Å². The molecule has 3 rings (SSSR count). The number of nitrogens with zero attached hydrogens (tertiary/aromatic N) is 3. The molecule has 30 heavy (non-hydrogen) atoms. The van der Waals surface area contributed by atoms with Gasteiger partial charge in [0.1, 0.15) is 5.82 Å². The molecule has 10 heteroatoms.